The summed E-state index contributed by atoms with van der Waals surface area (Å²) in [6.45, 7) is 4.17. The summed E-state index contributed by atoms with van der Waals surface area (Å²) in [5.74, 6) is 0.548. The molecule has 0 spiro atoms. The summed E-state index contributed by atoms with van der Waals surface area (Å²) >= 11 is 0. The highest BCUT2D eigenvalue weighted by Crippen LogP contribution is 2.17. The van der Waals surface area contributed by atoms with Crippen LogP contribution < -0.4 is 0 Å². The third kappa shape index (κ3) is 3.38. The lowest BCUT2D eigenvalue weighted by molar-refractivity contribution is -0.384. The highest BCUT2D eigenvalue weighted by Gasteiger charge is 2.03. The molecule has 15 heavy (non-hydrogen) atoms. The van der Waals surface area contributed by atoms with Gasteiger partial charge in [0.05, 0.1) is 17.2 Å². The number of hydrogen-bond donors (Lipinski definition) is 0. The average molecular weight is 208 g/mol. The summed E-state index contributed by atoms with van der Waals surface area (Å²) in [6, 6.07) is 6.00. The Bertz CT molecular complexity index is 371. The molecule has 0 aliphatic carbocycles. The van der Waals surface area contributed by atoms with Crippen molar-refractivity contribution in [3.05, 3.63) is 34.4 Å². The van der Waals surface area contributed by atoms with Gasteiger partial charge in [-0.1, -0.05) is 0 Å². The minimum Gasteiger partial charge on any atom is -0.481 e. The standard InChI is InChI=1S/C10H12N2O3/c1-3-15-8(2)11-9-4-6-10(7-5-9)12(13)14/h4-7H,3H2,1-2H3. The number of nitro benzene ring substituents is 1. The Labute approximate surface area is 87.6 Å². The molecule has 1 aromatic carbocycles. The fourth-order valence-electron chi connectivity index (χ4n) is 1.07. The quantitative estimate of drug-likeness (QED) is 0.332. The van der Waals surface area contributed by atoms with Crippen molar-refractivity contribution in [2.75, 3.05) is 6.61 Å². The van der Waals surface area contributed by atoms with Crippen LogP contribution in [0.4, 0.5) is 11.4 Å². The summed E-state index contributed by atoms with van der Waals surface area (Å²) in [5, 5.41) is 10.4. The van der Waals surface area contributed by atoms with E-state index < -0.39 is 4.92 Å². The second kappa shape index (κ2) is 5.09. The van der Waals surface area contributed by atoms with E-state index >= 15 is 0 Å². The Morgan fingerprint density at radius 1 is 1.47 bits per heavy atom. The van der Waals surface area contributed by atoms with Gasteiger partial charge < -0.3 is 4.74 Å². The molecule has 0 N–H and O–H groups in total. The molecule has 0 unspecified atom stereocenters. The van der Waals surface area contributed by atoms with Crippen LogP contribution in [0.2, 0.25) is 0 Å². The SMILES string of the molecule is CCOC(C)=Nc1ccc([N+](=O)[O-])cc1. The molecule has 5 heteroatoms. The normalized spacial score (nSPS) is 11.2. The molecule has 0 aliphatic rings. The highest BCUT2D eigenvalue weighted by atomic mass is 16.6. The number of non-ortho nitro benzene ring substituents is 1. The summed E-state index contributed by atoms with van der Waals surface area (Å²) < 4.78 is 5.14. The Morgan fingerprint density at radius 3 is 2.53 bits per heavy atom. The highest BCUT2D eigenvalue weighted by molar-refractivity contribution is 5.76. The van der Waals surface area contributed by atoms with Crippen molar-refractivity contribution >= 4 is 17.3 Å². The van der Waals surface area contributed by atoms with E-state index in [2.05, 4.69) is 4.99 Å². The molecule has 0 heterocycles. The minimum atomic E-state index is -0.442. The first-order valence-corrected chi connectivity index (χ1v) is 4.56. The fraction of sp³-hybridized carbons (Fsp3) is 0.300. The van der Waals surface area contributed by atoms with Crippen molar-refractivity contribution in [2.24, 2.45) is 4.99 Å². The molecular weight excluding hydrogens is 196 g/mol. The maximum Gasteiger partial charge on any atom is 0.269 e. The summed E-state index contributed by atoms with van der Waals surface area (Å²) in [4.78, 5) is 14.1. The van der Waals surface area contributed by atoms with Gasteiger partial charge in [0.1, 0.15) is 0 Å². The van der Waals surface area contributed by atoms with E-state index in [9.17, 15) is 10.1 Å². The topological polar surface area (TPSA) is 64.7 Å². The molecule has 0 fully saturated rings. The van der Waals surface area contributed by atoms with Crippen LogP contribution in [0.1, 0.15) is 13.8 Å². The molecule has 1 rings (SSSR count). The summed E-state index contributed by atoms with van der Waals surface area (Å²) in [6.07, 6.45) is 0. The van der Waals surface area contributed by atoms with Gasteiger partial charge in [-0.3, -0.25) is 10.1 Å². The third-order valence-electron chi connectivity index (χ3n) is 1.70. The van der Waals surface area contributed by atoms with E-state index in [1.807, 2.05) is 6.92 Å². The molecule has 80 valence electrons. The maximum atomic E-state index is 10.4. The Balaban J connectivity index is 2.80. The van der Waals surface area contributed by atoms with Gasteiger partial charge >= 0.3 is 0 Å². The lowest BCUT2D eigenvalue weighted by Crippen LogP contribution is -1.97. The van der Waals surface area contributed by atoms with E-state index in [1.165, 1.54) is 12.1 Å². The van der Waals surface area contributed by atoms with Crippen LogP contribution >= 0.6 is 0 Å². The smallest absolute Gasteiger partial charge is 0.269 e. The van der Waals surface area contributed by atoms with Crippen molar-refractivity contribution in [1.29, 1.82) is 0 Å². The second-order valence-electron chi connectivity index (χ2n) is 2.84. The van der Waals surface area contributed by atoms with Gasteiger partial charge in [0, 0.05) is 19.1 Å². The number of ether oxygens (including phenoxy) is 1. The van der Waals surface area contributed by atoms with Crippen molar-refractivity contribution in [2.45, 2.75) is 13.8 Å². The number of benzene rings is 1. The molecule has 0 saturated heterocycles. The molecule has 0 amide bonds. The lowest BCUT2D eigenvalue weighted by atomic mass is 10.3. The van der Waals surface area contributed by atoms with Crippen LogP contribution in [0, 0.1) is 10.1 Å². The predicted octanol–water partition coefficient (Wildman–Crippen LogP) is 2.68. The van der Waals surface area contributed by atoms with Crippen molar-refractivity contribution in [1.82, 2.24) is 0 Å². The molecule has 0 atom stereocenters. The van der Waals surface area contributed by atoms with Crippen molar-refractivity contribution < 1.29 is 9.66 Å². The maximum absolute atomic E-state index is 10.4. The van der Waals surface area contributed by atoms with Crippen LogP contribution in [-0.4, -0.2) is 17.4 Å². The lowest BCUT2D eigenvalue weighted by Gasteiger charge is -2.00. The second-order valence-corrected chi connectivity index (χ2v) is 2.84. The predicted molar refractivity (Wildman–Crippen MR) is 57.5 cm³/mol. The van der Waals surface area contributed by atoms with Crippen molar-refractivity contribution in [3.8, 4) is 0 Å². The molecule has 0 aromatic heterocycles. The molecule has 1 aromatic rings. The Hall–Kier alpha value is -1.91. The molecular formula is C10H12N2O3. The van der Waals surface area contributed by atoms with Gasteiger partial charge in [0.25, 0.3) is 5.69 Å². The number of hydrogen-bond acceptors (Lipinski definition) is 4. The van der Waals surface area contributed by atoms with Crippen LogP contribution in [0.25, 0.3) is 0 Å². The monoisotopic (exact) mass is 208 g/mol. The summed E-state index contributed by atoms with van der Waals surface area (Å²) in [7, 11) is 0. The fourth-order valence-corrected chi connectivity index (χ4v) is 1.07. The largest absolute Gasteiger partial charge is 0.481 e. The number of nitro groups is 1. The van der Waals surface area contributed by atoms with Crippen LogP contribution in [0.15, 0.2) is 29.3 Å². The Morgan fingerprint density at radius 2 is 2.07 bits per heavy atom. The first-order chi connectivity index (χ1) is 7.13. The van der Waals surface area contributed by atoms with Gasteiger partial charge in [0.15, 0.2) is 5.90 Å². The number of rotatable bonds is 3. The zero-order valence-electron chi connectivity index (χ0n) is 8.64. The molecule has 0 saturated carbocycles. The van der Waals surface area contributed by atoms with E-state index in [1.54, 1.807) is 19.1 Å². The molecule has 0 aliphatic heterocycles. The average Bonchev–Trinajstić information content (AvgIpc) is 2.18. The first-order valence-electron chi connectivity index (χ1n) is 4.56. The number of aliphatic imine (C=N–C) groups is 1. The zero-order chi connectivity index (χ0) is 11.3. The van der Waals surface area contributed by atoms with Crippen molar-refractivity contribution in [3.63, 3.8) is 0 Å². The third-order valence-corrected chi connectivity index (χ3v) is 1.70. The Kier molecular flexibility index (Phi) is 3.79. The van der Waals surface area contributed by atoms with E-state index in [0.29, 0.717) is 18.2 Å². The molecule has 0 bridgehead atoms. The van der Waals surface area contributed by atoms with Gasteiger partial charge in [-0.05, 0) is 19.1 Å². The zero-order valence-corrected chi connectivity index (χ0v) is 8.64. The van der Waals surface area contributed by atoms with Crippen LogP contribution in [0.3, 0.4) is 0 Å². The van der Waals surface area contributed by atoms with Gasteiger partial charge in [-0.2, -0.15) is 0 Å². The van der Waals surface area contributed by atoms with E-state index in [-0.39, 0.29) is 5.69 Å². The van der Waals surface area contributed by atoms with Crippen LogP contribution in [0.5, 0.6) is 0 Å². The summed E-state index contributed by atoms with van der Waals surface area (Å²) in [5.41, 5.74) is 0.703. The molecule has 0 radical (unpaired) electrons. The van der Waals surface area contributed by atoms with Crippen LogP contribution in [-0.2, 0) is 4.74 Å². The van der Waals surface area contributed by atoms with Gasteiger partial charge in [-0.15, -0.1) is 0 Å². The number of nitrogens with zero attached hydrogens (tertiary/aromatic N) is 2. The van der Waals surface area contributed by atoms with E-state index in [4.69, 9.17) is 4.74 Å². The first kappa shape index (κ1) is 11.2. The van der Waals surface area contributed by atoms with Gasteiger partial charge in [-0.25, -0.2) is 4.99 Å². The van der Waals surface area contributed by atoms with E-state index in [0.717, 1.165) is 0 Å². The van der Waals surface area contributed by atoms with Gasteiger partial charge in [0.2, 0.25) is 0 Å². The minimum absolute atomic E-state index is 0.0583. The molecule has 5 nitrogen and oxygen atoms in total.